The molecule has 146 valence electrons. The van der Waals surface area contributed by atoms with Gasteiger partial charge in [0.05, 0.1) is 12.3 Å². The number of carbonyl (C=O) groups excluding carboxylic acids is 1. The number of ether oxygens (including phenoxy) is 1. The van der Waals surface area contributed by atoms with Gasteiger partial charge >= 0.3 is 0 Å². The third kappa shape index (κ3) is 5.71. The van der Waals surface area contributed by atoms with E-state index in [0.29, 0.717) is 24.8 Å². The first kappa shape index (κ1) is 21.2. The van der Waals surface area contributed by atoms with Crippen LogP contribution < -0.4 is 4.74 Å². The van der Waals surface area contributed by atoms with Crippen molar-refractivity contribution < 1.29 is 14.0 Å². The predicted molar refractivity (Wildman–Crippen MR) is 111 cm³/mol. The Bertz CT molecular complexity index is 785. The van der Waals surface area contributed by atoms with Gasteiger partial charge < -0.3 is 14.0 Å². The largest absolute Gasteiger partial charge is 0.475 e. The summed E-state index contributed by atoms with van der Waals surface area (Å²) in [5.74, 6) is 0.506. The molecule has 5 nitrogen and oxygen atoms in total. The fourth-order valence-corrected chi connectivity index (χ4v) is 3.46. The molecule has 27 heavy (non-hydrogen) atoms. The Morgan fingerprint density at radius 1 is 1.19 bits per heavy atom. The summed E-state index contributed by atoms with van der Waals surface area (Å²) in [6.07, 6.45) is 2.87. The molecule has 0 fully saturated rings. The predicted octanol–water partition coefficient (Wildman–Crippen LogP) is 4.59. The van der Waals surface area contributed by atoms with Gasteiger partial charge in [0.15, 0.2) is 8.32 Å². The molecule has 0 atom stereocenters. The number of nitrogens with zero attached hydrogens (tertiary/aromatic N) is 2. The molecule has 0 aromatic carbocycles. The second-order valence-corrected chi connectivity index (χ2v) is 13.0. The summed E-state index contributed by atoms with van der Waals surface area (Å²) in [7, 11) is -1.79. The van der Waals surface area contributed by atoms with E-state index >= 15 is 0 Å². The first-order valence-corrected chi connectivity index (χ1v) is 12.2. The zero-order valence-electron chi connectivity index (χ0n) is 17.2. The molecule has 6 heteroatoms. The molecule has 0 amide bonds. The normalized spacial score (nSPS) is 12.1. The van der Waals surface area contributed by atoms with E-state index in [9.17, 15) is 4.79 Å². The Morgan fingerprint density at radius 2 is 1.93 bits per heavy atom. The van der Waals surface area contributed by atoms with Crippen molar-refractivity contribution in [3.63, 3.8) is 0 Å². The highest BCUT2D eigenvalue weighted by Crippen LogP contribution is 2.36. The van der Waals surface area contributed by atoms with Crippen molar-refractivity contribution in [2.24, 2.45) is 0 Å². The van der Waals surface area contributed by atoms with Crippen LogP contribution in [0, 0.1) is 6.92 Å². The van der Waals surface area contributed by atoms with Crippen LogP contribution in [0.15, 0.2) is 30.5 Å². The molecule has 0 bridgehead atoms. The van der Waals surface area contributed by atoms with Gasteiger partial charge in [-0.05, 0) is 42.8 Å². The number of aryl methyl sites for hydroxylation is 1. The molecule has 0 saturated carbocycles. The number of rotatable bonds is 8. The lowest BCUT2D eigenvalue weighted by Gasteiger charge is -2.36. The summed E-state index contributed by atoms with van der Waals surface area (Å²) in [6.45, 7) is 14.0. The van der Waals surface area contributed by atoms with Crippen LogP contribution >= 0.6 is 0 Å². The zero-order valence-corrected chi connectivity index (χ0v) is 18.2. The lowest BCUT2D eigenvalue weighted by atomic mass is 10.0. The summed E-state index contributed by atoms with van der Waals surface area (Å²) >= 11 is 0. The van der Waals surface area contributed by atoms with E-state index in [1.54, 1.807) is 6.20 Å². The molecule has 0 saturated heterocycles. The molecular weight excluding hydrogens is 356 g/mol. The molecule has 2 aromatic rings. The van der Waals surface area contributed by atoms with E-state index < -0.39 is 8.32 Å². The van der Waals surface area contributed by atoms with E-state index in [0.717, 1.165) is 23.1 Å². The van der Waals surface area contributed by atoms with Gasteiger partial charge in [-0.3, -0.25) is 4.98 Å². The third-order valence-electron chi connectivity index (χ3n) is 5.07. The van der Waals surface area contributed by atoms with Gasteiger partial charge in [-0.1, -0.05) is 26.8 Å². The van der Waals surface area contributed by atoms with Crippen molar-refractivity contribution in [3.05, 3.63) is 41.9 Å². The Labute approximate surface area is 163 Å². The number of hydrogen-bond acceptors (Lipinski definition) is 5. The fraction of sp³-hybridized carbons (Fsp3) is 0.476. The minimum absolute atomic E-state index is 0.167. The Hall–Kier alpha value is -2.05. The lowest BCUT2D eigenvalue weighted by molar-refractivity contribution is -0.107. The van der Waals surface area contributed by atoms with Crippen molar-refractivity contribution in [3.8, 4) is 17.0 Å². The van der Waals surface area contributed by atoms with Gasteiger partial charge in [0.1, 0.15) is 12.9 Å². The fourth-order valence-electron chi connectivity index (χ4n) is 2.43. The average molecular weight is 387 g/mol. The van der Waals surface area contributed by atoms with Crippen molar-refractivity contribution in [2.75, 3.05) is 13.2 Å². The molecular formula is C21H30N2O3Si. The van der Waals surface area contributed by atoms with Crippen molar-refractivity contribution in [1.82, 2.24) is 9.97 Å². The molecule has 0 aliphatic rings. The van der Waals surface area contributed by atoms with Crippen molar-refractivity contribution >= 4 is 14.6 Å². The maximum absolute atomic E-state index is 11.0. The number of carbonyl (C=O) groups is 1. The van der Waals surface area contributed by atoms with Crippen LogP contribution in [0.1, 0.15) is 32.2 Å². The lowest BCUT2D eigenvalue weighted by Crippen LogP contribution is -2.41. The van der Waals surface area contributed by atoms with Crippen LogP contribution in [0.25, 0.3) is 11.1 Å². The molecule has 0 unspecified atom stereocenters. The maximum Gasteiger partial charge on any atom is 0.214 e. The van der Waals surface area contributed by atoms with Crippen LogP contribution in [0.3, 0.4) is 0 Å². The topological polar surface area (TPSA) is 61.3 Å². The van der Waals surface area contributed by atoms with Gasteiger partial charge in [-0.2, -0.15) is 0 Å². The quantitative estimate of drug-likeness (QED) is 0.377. The summed E-state index contributed by atoms with van der Waals surface area (Å²) in [5, 5.41) is 0.167. The van der Waals surface area contributed by atoms with E-state index in [-0.39, 0.29) is 11.5 Å². The highest BCUT2D eigenvalue weighted by atomic mass is 28.4. The average Bonchev–Trinajstić information content (AvgIpc) is 2.58. The molecule has 0 spiro atoms. The molecule has 0 aliphatic heterocycles. The summed E-state index contributed by atoms with van der Waals surface area (Å²) in [5.41, 5.74) is 3.57. The molecule has 2 heterocycles. The smallest absolute Gasteiger partial charge is 0.214 e. The summed E-state index contributed by atoms with van der Waals surface area (Å²) in [6, 6.07) is 7.71. The van der Waals surface area contributed by atoms with E-state index in [4.69, 9.17) is 9.16 Å². The Kier molecular flexibility index (Phi) is 6.89. The van der Waals surface area contributed by atoms with Crippen LogP contribution in [0.5, 0.6) is 5.88 Å². The number of aldehydes is 1. The summed E-state index contributed by atoms with van der Waals surface area (Å²) < 4.78 is 12.0. The van der Waals surface area contributed by atoms with Crippen molar-refractivity contribution in [1.29, 1.82) is 0 Å². The molecule has 2 rings (SSSR count). The minimum Gasteiger partial charge on any atom is -0.475 e. The molecule has 0 N–H and O–H groups in total. The minimum atomic E-state index is -1.79. The standard InChI is InChI=1S/C21H30N2O3Si/c1-16-19(8-7-10-22-16)17-14-18(9-11-24)23-20(15-17)25-12-13-26-27(5,6)21(2,3)4/h7-8,10-11,14-15H,9,12-13H2,1-6H3. The van der Waals surface area contributed by atoms with Crippen LogP contribution in [-0.4, -0.2) is 37.8 Å². The number of hydrogen-bond donors (Lipinski definition) is 0. The Balaban J connectivity index is 2.12. The van der Waals surface area contributed by atoms with Gasteiger partial charge in [-0.25, -0.2) is 4.98 Å². The summed E-state index contributed by atoms with van der Waals surface area (Å²) in [4.78, 5) is 19.7. The molecule has 2 aromatic heterocycles. The Morgan fingerprint density at radius 3 is 2.56 bits per heavy atom. The molecule has 0 aliphatic carbocycles. The van der Waals surface area contributed by atoms with Gasteiger partial charge in [-0.15, -0.1) is 0 Å². The van der Waals surface area contributed by atoms with Crippen LogP contribution in [0.2, 0.25) is 18.1 Å². The first-order valence-electron chi connectivity index (χ1n) is 9.27. The SMILES string of the molecule is Cc1ncccc1-c1cc(CC=O)nc(OCCO[Si](C)(C)C(C)(C)C)c1. The molecule has 0 radical (unpaired) electrons. The first-order chi connectivity index (χ1) is 12.6. The highest BCUT2D eigenvalue weighted by molar-refractivity contribution is 6.74. The van der Waals surface area contributed by atoms with Crippen LogP contribution in [0.4, 0.5) is 0 Å². The van der Waals surface area contributed by atoms with E-state index in [1.807, 2.05) is 31.2 Å². The van der Waals surface area contributed by atoms with E-state index in [2.05, 4.69) is 43.8 Å². The van der Waals surface area contributed by atoms with Gasteiger partial charge in [0, 0.05) is 29.9 Å². The number of aromatic nitrogens is 2. The maximum atomic E-state index is 11.0. The monoisotopic (exact) mass is 386 g/mol. The van der Waals surface area contributed by atoms with Gasteiger partial charge in [0.25, 0.3) is 0 Å². The van der Waals surface area contributed by atoms with Gasteiger partial charge in [0.2, 0.25) is 5.88 Å². The third-order valence-corrected chi connectivity index (χ3v) is 9.61. The number of pyridine rings is 2. The van der Waals surface area contributed by atoms with Crippen LogP contribution in [-0.2, 0) is 15.6 Å². The second kappa shape index (κ2) is 8.76. The van der Waals surface area contributed by atoms with E-state index in [1.165, 1.54) is 0 Å². The zero-order chi connectivity index (χ0) is 20.1. The highest BCUT2D eigenvalue weighted by Gasteiger charge is 2.36. The van der Waals surface area contributed by atoms with Crippen molar-refractivity contribution in [2.45, 2.75) is 52.2 Å². The second-order valence-electron chi connectivity index (χ2n) is 8.15.